The molecule has 7 heteroatoms. The molecular weight excluding hydrogens is 319 g/mol. The van der Waals surface area contributed by atoms with Crippen molar-refractivity contribution in [3.05, 3.63) is 65.5 Å². The Morgan fingerprint density at radius 3 is 2.22 bits per heavy atom. The van der Waals surface area contributed by atoms with Crippen LogP contribution in [0.5, 0.6) is 0 Å². The van der Waals surface area contributed by atoms with Gasteiger partial charge in [0.2, 0.25) is 0 Å². The highest BCUT2D eigenvalue weighted by molar-refractivity contribution is 7.90. The molecule has 0 aliphatic rings. The number of halogens is 1. The minimum Gasteiger partial charge on any atom is -0.334 e. The number of hydrogen-bond acceptors (Lipinski definition) is 3. The Balaban J connectivity index is 1.84. The van der Waals surface area contributed by atoms with Gasteiger partial charge in [0.1, 0.15) is 5.82 Å². The molecule has 2 aromatic rings. The summed E-state index contributed by atoms with van der Waals surface area (Å²) in [5.74, 6) is -0.371. The van der Waals surface area contributed by atoms with Crippen molar-refractivity contribution >= 4 is 15.9 Å². The van der Waals surface area contributed by atoms with Crippen LogP contribution >= 0.6 is 0 Å². The third-order valence-corrected chi connectivity index (χ3v) is 4.33. The second kappa shape index (κ2) is 7.23. The Labute approximate surface area is 134 Å². The fourth-order valence-electron chi connectivity index (χ4n) is 1.92. The standard InChI is InChI=1S/C16H17FN2O3S/c1-23(21,22)14-8-6-12(7-9-14)10-18-16(20)19-11-13-4-2-3-5-15(13)17/h2-9H,10-11H2,1H3,(H2,18,19,20). The van der Waals surface area contributed by atoms with E-state index in [0.29, 0.717) is 5.56 Å². The maximum Gasteiger partial charge on any atom is 0.315 e. The zero-order chi connectivity index (χ0) is 16.9. The zero-order valence-corrected chi connectivity index (χ0v) is 13.4. The SMILES string of the molecule is CS(=O)(=O)c1ccc(CNC(=O)NCc2ccccc2F)cc1. The first-order chi connectivity index (χ1) is 10.9. The van der Waals surface area contributed by atoms with Crippen LogP contribution in [0.25, 0.3) is 0 Å². The van der Waals surface area contributed by atoms with E-state index in [9.17, 15) is 17.6 Å². The maximum absolute atomic E-state index is 13.4. The van der Waals surface area contributed by atoms with Crippen LogP contribution in [-0.4, -0.2) is 20.7 Å². The summed E-state index contributed by atoms with van der Waals surface area (Å²) >= 11 is 0. The molecule has 0 atom stereocenters. The van der Waals surface area contributed by atoms with Crippen LogP contribution in [0, 0.1) is 5.82 Å². The summed E-state index contributed by atoms with van der Waals surface area (Å²) in [7, 11) is -3.23. The Hall–Kier alpha value is -2.41. The molecule has 0 aliphatic carbocycles. The minimum atomic E-state index is -3.23. The lowest BCUT2D eigenvalue weighted by atomic mass is 10.2. The topological polar surface area (TPSA) is 75.3 Å². The van der Waals surface area contributed by atoms with Gasteiger partial charge in [0.25, 0.3) is 0 Å². The summed E-state index contributed by atoms with van der Waals surface area (Å²) in [4.78, 5) is 11.9. The van der Waals surface area contributed by atoms with Crippen LogP contribution in [0.15, 0.2) is 53.4 Å². The lowest BCUT2D eigenvalue weighted by Gasteiger charge is -2.09. The second-order valence-electron chi connectivity index (χ2n) is 5.04. The molecule has 122 valence electrons. The van der Waals surface area contributed by atoms with Gasteiger partial charge in [0, 0.05) is 24.9 Å². The van der Waals surface area contributed by atoms with Crippen molar-refractivity contribution in [3.8, 4) is 0 Å². The van der Waals surface area contributed by atoms with Crippen molar-refractivity contribution in [2.45, 2.75) is 18.0 Å². The van der Waals surface area contributed by atoms with Gasteiger partial charge in [-0.15, -0.1) is 0 Å². The summed E-state index contributed by atoms with van der Waals surface area (Å²) in [6, 6.07) is 12.0. The Morgan fingerprint density at radius 2 is 1.61 bits per heavy atom. The normalized spacial score (nSPS) is 11.0. The van der Waals surface area contributed by atoms with Gasteiger partial charge in [0.15, 0.2) is 9.84 Å². The van der Waals surface area contributed by atoms with Crippen LogP contribution in [0.1, 0.15) is 11.1 Å². The number of sulfone groups is 1. The highest BCUT2D eigenvalue weighted by Gasteiger charge is 2.07. The number of urea groups is 1. The molecule has 0 saturated carbocycles. The van der Waals surface area contributed by atoms with Crippen molar-refractivity contribution in [1.29, 1.82) is 0 Å². The summed E-state index contributed by atoms with van der Waals surface area (Å²) in [5, 5.41) is 5.18. The molecule has 0 spiro atoms. The van der Waals surface area contributed by atoms with Crippen LogP contribution in [0.3, 0.4) is 0 Å². The molecule has 0 aliphatic heterocycles. The average Bonchev–Trinajstić information content (AvgIpc) is 2.51. The molecule has 0 radical (unpaired) electrons. The van der Waals surface area contributed by atoms with E-state index >= 15 is 0 Å². The van der Waals surface area contributed by atoms with E-state index < -0.39 is 15.9 Å². The number of benzene rings is 2. The van der Waals surface area contributed by atoms with E-state index in [4.69, 9.17) is 0 Å². The van der Waals surface area contributed by atoms with Crippen molar-refractivity contribution < 1.29 is 17.6 Å². The number of carbonyl (C=O) groups excluding carboxylic acids is 1. The summed E-state index contributed by atoms with van der Waals surface area (Å²) in [5.41, 5.74) is 1.17. The molecule has 2 N–H and O–H groups in total. The van der Waals surface area contributed by atoms with E-state index in [1.165, 1.54) is 18.2 Å². The van der Waals surface area contributed by atoms with Crippen molar-refractivity contribution in [1.82, 2.24) is 10.6 Å². The maximum atomic E-state index is 13.4. The van der Waals surface area contributed by atoms with Crippen LogP contribution in [0.4, 0.5) is 9.18 Å². The third-order valence-electron chi connectivity index (χ3n) is 3.20. The lowest BCUT2D eigenvalue weighted by molar-refractivity contribution is 0.240. The molecule has 23 heavy (non-hydrogen) atoms. The zero-order valence-electron chi connectivity index (χ0n) is 12.5. The first-order valence-electron chi connectivity index (χ1n) is 6.90. The van der Waals surface area contributed by atoms with Gasteiger partial charge < -0.3 is 10.6 Å². The highest BCUT2D eigenvalue weighted by Crippen LogP contribution is 2.10. The van der Waals surface area contributed by atoms with E-state index in [-0.39, 0.29) is 23.8 Å². The summed E-state index contributed by atoms with van der Waals surface area (Å²) in [6.45, 7) is 0.332. The third kappa shape index (κ3) is 5.07. The Morgan fingerprint density at radius 1 is 1.00 bits per heavy atom. The molecule has 2 rings (SSSR count). The monoisotopic (exact) mass is 336 g/mol. The van der Waals surface area contributed by atoms with Crippen LogP contribution in [0.2, 0.25) is 0 Å². The number of rotatable bonds is 5. The summed E-state index contributed by atoms with van der Waals surface area (Å²) < 4.78 is 36.1. The lowest BCUT2D eigenvalue weighted by Crippen LogP contribution is -2.34. The largest absolute Gasteiger partial charge is 0.334 e. The summed E-state index contributed by atoms with van der Waals surface area (Å²) in [6.07, 6.45) is 1.14. The second-order valence-corrected chi connectivity index (χ2v) is 7.06. The average molecular weight is 336 g/mol. The van der Waals surface area contributed by atoms with E-state index in [0.717, 1.165) is 11.8 Å². The molecule has 0 saturated heterocycles. The first kappa shape index (κ1) is 17.0. The fraction of sp³-hybridized carbons (Fsp3) is 0.188. The predicted molar refractivity (Wildman–Crippen MR) is 85.0 cm³/mol. The van der Waals surface area contributed by atoms with Gasteiger partial charge in [-0.3, -0.25) is 0 Å². The number of amides is 2. The van der Waals surface area contributed by atoms with Crippen LogP contribution < -0.4 is 10.6 Å². The van der Waals surface area contributed by atoms with Crippen molar-refractivity contribution in [3.63, 3.8) is 0 Å². The Kier molecular flexibility index (Phi) is 5.33. The van der Waals surface area contributed by atoms with E-state index in [2.05, 4.69) is 10.6 Å². The van der Waals surface area contributed by atoms with Gasteiger partial charge in [-0.2, -0.15) is 0 Å². The minimum absolute atomic E-state index is 0.0888. The van der Waals surface area contributed by atoms with Gasteiger partial charge in [-0.25, -0.2) is 17.6 Å². The number of carbonyl (C=O) groups is 1. The van der Waals surface area contributed by atoms with Gasteiger partial charge in [-0.1, -0.05) is 30.3 Å². The predicted octanol–water partition coefficient (Wildman–Crippen LogP) is 2.23. The molecule has 5 nitrogen and oxygen atoms in total. The smallest absolute Gasteiger partial charge is 0.315 e. The van der Waals surface area contributed by atoms with Crippen molar-refractivity contribution in [2.24, 2.45) is 0 Å². The molecule has 0 bridgehead atoms. The van der Waals surface area contributed by atoms with Crippen molar-refractivity contribution in [2.75, 3.05) is 6.26 Å². The molecule has 0 fully saturated rings. The molecule has 0 heterocycles. The van der Waals surface area contributed by atoms with Gasteiger partial charge >= 0.3 is 6.03 Å². The molecule has 0 unspecified atom stereocenters. The quantitative estimate of drug-likeness (QED) is 0.879. The molecular formula is C16H17FN2O3S. The Bertz CT molecular complexity index is 789. The molecule has 2 amide bonds. The van der Waals surface area contributed by atoms with Crippen LogP contribution in [-0.2, 0) is 22.9 Å². The molecule has 0 aromatic heterocycles. The molecule has 2 aromatic carbocycles. The van der Waals surface area contributed by atoms with E-state index in [1.807, 2.05) is 0 Å². The fourth-order valence-corrected chi connectivity index (χ4v) is 2.55. The van der Waals surface area contributed by atoms with Gasteiger partial charge in [0.05, 0.1) is 4.90 Å². The van der Waals surface area contributed by atoms with E-state index in [1.54, 1.807) is 30.3 Å². The number of hydrogen-bond donors (Lipinski definition) is 2. The van der Waals surface area contributed by atoms with Gasteiger partial charge in [-0.05, 0) is 23.8 Å². The number of nitrogens with one attached hydrogen (secondary N) is 2. The first-order valence-corrected chi connectivity index (χ1v) is 8.79. The highest BCUT2D eigenvalue weighted by atomic mass is 32.2.